The summed E-state index contributed by atoms with van der Waals surface area (Å²) in [6, 6.07) is 1.03. The molecule has 0 atom stereocenters. The topological polar surface area (TPSA) is 69.2 Å². The average Bonchev–Trinajstić information content (AvgIpc) is 2.06. The third kappa shape index (κ3) is 2.30. The number of hydrogen-bond acceptors (Lipinski definition) is 3. The van der Waals surface area contributed by atoms with Crippen molar-refractivity contribution in [3.05, 3.63) is 32.8 Å². The number of nitrogens with two attached hydrogens (primary N) is 1. The summed E-state index contributed by atoms with van der Waals surface area (Å²) in [5.74, 6) is 0. The van der Waals surface area contributed by atoms with Gasteiger partial charge in [-0.15, -0.1) is 0 Å². The van der Waals surface area contributed by atoms with Crippen LogP contribution in [0.2, 0.25) is 5.02 Å². The minimum absolute atomic E-state index is 0.440. The first-order valence-corrected chi connectivity index (χ1v) is 3.92. The third-order valence-electron chi connectivity index (χ3n) is 1.62. The number of rotatable bonds is 1. The van der Waals surface area contributed by atoms with Crippen LogP contribution in [-0.2, 0) is 6.18 Å². The second kappa shape index (κ2) is 3.58. The van der Waals surface area contributed by atoms with E-state index >= 15 is 0 Å². The molecule has 0 spiro atoms. The summed E-state index contributed by atoms with van der Waals surface area (Å²) >= 11 is 5.31. The molecule has 4 nitrogen and oxygen atoms in total. The smallest absolute Gasteiger partial charge is 0.398 e. The molecular weight excluding hydrogens is 237 g/mol. The molecule has 15 heavy (non-hydrogen) atoms. The Morgan fingerprint density at radius 2 is 1.93 bits per heavy atom. The van der Waals surface area contributed by atoms with Gasteiger partial charge in [-0.25, -0.2) is 0 Å². The van der Waals surface area contributed by atoms with Gasteiger partial charge in [0.1, 0.15) is 5.02 Å². The summed E-state index contributed by atoms with van der Waals surface area (Å²) in [7, 11) is 0. The fourth-order valence-corrected chi connectivity index (χ4v) is 1.20. The van der Waals surface area contributed by atoms with E-state index in [9.17, 15) is 23.3 Å². The molecule has 82 valence electrons. The number of nitro groups is 1. The highest BCUT2D eigenvalue weighted by molar-refractivity contribution is 6.32. The fourth-order valence-electron chi connectivity index (χ4n) is 0.963. The zero-order valence-electron chi connectivity index (χ0n) is 7.01. The van der Waals surface area contributed by atoms with Crippen molar-refractivity contribution in [2.45, 2.75) is 6.18 Å². The number of alkyl halides is 3. The molecule has 0 aliphatic heterocycles. The average molecular weight is 241 g/mol. The van der Waals surface area contributed by atoms with Crippen molar-refractivity contribution in [1.82, 2.24) is 0 Å². The maximum Gasteiger partial charge on any atom is 0.418 e. The fraction of sp³-hybridized carbons (Fsp3) is 0.143. The van der Waals surface area contributed by atoms with Crippen LogP contribution in [0.25, 0.3) is 0 Å². The predicted octanol–water partition coefficient (Wildman–Crippen LogP) is 2.85. The molecule has 1 aromatic rings. The number of halogens is 4. The molecule has 0 aliphatic carbocycles. The first kappa shape index (κ1) is 11.6. The maximum absolute atomic E-state index is 12.3. The van der Waals surface area contributed by atoms with Gasteiger partial charge >= 0.3 is 6.18 Å². The second-order valence-corrected chi connectivity index (χ2v) is 3.05. The molecule has 0 amide bonds. The van der Waals surface area contributed by atoms with Crippen LogP contribution in [-0.4, -0.2) is 4.92 Å². The van der Waals surface area contributed by atoms with E-state index in [4.69, 9.17) is 17.3 Å². The molecule has 1 aromatic carbocycles. The van der Waals surface area contributed by atoms with Crippen molar-refractivity contribution in [3.63, 3.8) is 0 Å². The van der Waals surface area contributed by atoms with Crippen molar-refractivity contribution in [3.8, 4) is 0 Å². The SMILES string of the molecule is Nc1cc([N+](=O)[O-])c(Cl)cc1C(F)(F)F. The Balaban J connectivity index is 3.39. The van der Waals surface area contributed by atoms with Gasteiger partial charge in [-0.2, -0.15) is 13.2 Å². The van der Waals surface area contributed by atoms with Crippen LogP contribution in [0.1, 0.15) is 5.56 Å². The van der Waals surface area contributed by atoms with Crippen LogP contribution in [0.3, 0.4) is 0 Å². The van der Waals surface area contributed by atoms with Crippen molar-refractivity contribution in [2.75, 3.05) is 5.73 Å². The quantitative estimate of drug-likeness (QED) is 0.466. The molecule has 0 radical (unpaired) electrons. The number of hydrogen-bond donors (Lipinski definition) is 1. The lowest BCUT2D eigenvalue weighted by molar-refractivity contribution is -0.384. The molecule has 2 N–H and O–H groups in total. The highest BCUT2D eigenvalue weighted by Gasteiger charge is 2.34. The Hall–Kier alpha value is -1.50. The van der Waals surface area contributed by atoms with Crippen LogP contribution in [0, 0.1) is 10.1 Å². The second-order valence-electron chi connectivity index (χ2n) is 2.65. The van der Waals surface area contributed by atoms with Crippen molar-refractivity contribution < 1.29 is 18.1 Å². The van der Waals surface area contributed by atoms with Gasteiger partial charge in [0, 0.05) is 6.07 Å². The van der Waals surface area contributed by atoms with Crippen molar-refractivity contribution in [1.29, 1.82) is 0 Å². The first-order valence-electron chi connectivity index (χ1n) is 3.54. The van der Waals surface area contributed by atoms with Crippen LogP contribution in [0.15, 0.2) is 12.1 Å². The van der Waals surface area contributed by atoms with Gasteiger partial charge in [-0.1, -0.05) is 11.6 Å². The first-order chi connectivity index (χ1) is 6.73. The minimum atomic E-state index is -4.68. The Bertz CT molecular complexity index is 419. The van der Waals surface area contributed by atoms with Gasteiger partial charge in [-0.05, 0) is 6.07 Å². The van der Waals surface area contributed by atoms with Crippen LogP contribution < -0.4 is 5.73 Å². The highest BCUT2D eigenvalue weighted by Crippen LogP contribution is 2.38. The molecule has 0 heterocycles. The van der Waals surface area contributed by atoms with Gasteiger partial charge < -0.3 is 5.73 Å². The van der Waals surface area contributed by atoms with Gasteiger partial charge in [-0.3, -0.25) is 10.1 Å². The zero-order chi connectivity index (χ0) is 11.8. The summed E-state index contributed by atoms with van der Waals surface area (Å²) in [6.07, 6.45) is -4.68. The molecule has 0 saturated heterocycles. The zero-order valence-corrected chi connectivity index (χ0v) is 7.76. The van der Waals surface area contributed by atoms with E-state index < -0.39 is 33.1 Å². The lowest BCUT2D eigenvalue weighted by atomic mass is 10.1. The number of benzene rings is 1. The molecule has 0 fully saturated rings. The molecule has 0 bridgehead atoms. The van der Waals surface area contributed by atoms with Crippen molar-refractivity contribution >= 4 is 23.0 Å². The van der Waals surface area contributed by atoms with Crippen LogP contribution in [0.4, 0.5) is 24.5 Å². The molecule has 8 heteroatoms. The lowest BCUT2D eigenvalue weighted by Crippen LogP contribution is -2.09. The van der Waals surface area contributed by atoms with E-state index in [0.717, 1.165) is 0 Å². The van der Waals surface area contributed by atoms with E-state index in [0.29, 0.717) is 12.1 Å². The van der Waals surface area contributed by atoms with E-state index in [-0.39, 0.29) is 0 Å². The standard InChI is InChI=1S/C7H4ClF3N2O2/c8-4-1-3(7(9,10)11)5(12)2-6(4)13(14)15/h1-2H,12H2. The third-order valence-corrected chi connectivity index (χ3v) is 1.92. The summed E-state index contributed by atoms with van der Waals surface area (Å²) in [4.78, 5) is 9.42. The number of nitrogens with zero attached hydrogens (tertiary/aromatic N) is 1. The van der Waals surface area contributed by atoms with E-state index in [1.165, 1.54) is 0 Å². The molecular formula is C7H4ClF3N2O2. The Morgan fingerprint density at radius 3 is 2.33 bits per heavy atom. The van der Waals surface area contributed by atoms with Crippen LogP contribution in [0.5, 0.6) is 0 Å². The number of nitro benzene ring substituents is 1. The Kier molecular flexibility index (Phi) is 2.76. The van der Waals surface area contributed by atoms with Crippen LogP contribution >= 0.6 is 11.6 Å². The van der Waals surface area contributed by atoms with E-state index in [1.54, 1.807) is 0 Å². The molecule has 0 unspecified atom stereocenters. The maximum atomic E-state index is 12.3. The molecule has 0 saturated carbocycles. The Labute approximate surface area is 86.6 Å². The Morgan fingerprint density at radius 1 is 1.40 bits per heavy atom. The predicted molar refractivity (Wildman–Crippen MR) is 47.5 cm³/mol. The molecule has 0 aromatic heterocycles. The number of nitrogen functional groups attached to an aromatic ring is 1. The van der Waals surface area contributed by atoms with Crippen molar-refractivity contribution in [2.24, 2.45) is 0 Å². The van der Waals surface area contributed by atoms with E-state index in [1.807, 2.05) is 0 Å². The molecule has 0 aliphatic rings. The number of anilines is 1. The minimum Gasteiger partial charge on any atom is -0.398 e. The monoisotopic (exact) mass is 240 g/mol. The summed E-state index contributed by atoms with van der Waals surface area (Å²) < 4.78 is 36.8. The highest BCUT2D eigenvalue weighted by atomic mass is 35.5. The largest absolute Gasteiger partial charge is 0.418 e. The lowest BCUT2D eigenvalue weighted by Gasteiger charge is -2.09. The molecule has 1 rings (SSSR count). The van der Waals surface area contributed by atoms with Gasteiger partial charge in [0.25, 0.3) is 5.69 Å². The van der Waals surface area contributed by atoms with E-state index in [2.05, 4.69) is 0 Å². The summed E-state index contributed by atoms with van der Waals surface area (Å²) in [5.41, 5.74) is 2.47. The van der Waals surface area contributed by atoms with Gasteiger partial charge in [0.15, 0.2) is 0 Å². The van der Waals surface area contributed by atoms with Gasteiger partial charge in [0.2, 0.25) is 0 Å². The normalized spacial score (nSPS) is 11.5. The summed E-state index contributed by atoms with van der Waals surface area (Å²) in [5, 5.41) is 9.72. The van der Waals surface area contributed by atoms with Gasteiger partial charge in [0.05, 0.1) is 16.2 Å². The summed E-state index contributed by atoms with van der Waals surface area (Å²) in [6.45, 7) is 0.